The van der Waals surface area contributed by atoms with Crippen LogP contribution in [0.25, 0.3) is 0 Å². The summed E-state index contributed by atoms with van der Waals surface area (Å²) in [6.07, 6.45) is 1.79. The lowest BCUT2D eigenvalue weighted by atomic mass is 9.78. The van der Waals surface area contributed by atoms with Gasteiger partial charge in [0.05, 0.1) is 55.9 Å². The Bertz CT molecular complexity index is 752. The van der Waals surface area contributed by atoms with Gasteiger partial charge in [-0.3, -0.25) is 0 Å². The topological polar surface area (TPSA) is 75.6 Å². The second-order valence-corrected chi connectivity index (χ2v) is 15.2. The van der Waals surface area contributed by atoms with Crippen LogP contribution < -0.4 is 0 Å². The third-order valence-electron chi connectivity index (χ3n) is 10.2. The predicted octanol–water partition coefficient (Wildman–Crippen LogP) is 5.90. The fraction of sp³-hybridized carbons (Fsp3) is 1.00. The average Bonchev–Trinajstić information content (AvgIpc) is 2.92. The zero-order valence-electron chi connectivity index (χ0n) is 28.0. The van der Waals surface area contributed by atoms with Crippen molar-refractivity contribution >= 4 is 31.5 Å². The van der Waals surface area contributed by atoms with Gasteiger partial charge in [0.15, 0.2) is 6.29 Å². The van der Waals surface area contributed by atoms with Crippen LogP contribution >= 0.6 is 18.2 Å². The lowest BCUT2D eigenvalue weighted by Crippen LogP contribution is -2.52. The van der Waals surface area contributed by atoms with Crippen LogP contribution in [0.1, 0.15) is 75.7 Å². The molecule has 3 fully saturated rings. The molecule has 3 aliphatic rings. The van der Waals surface area contributed by atoms with E-state index in [0.29, 0.717) is 42.1 Å². The van der Waals surface area contributed by atoms with Gasteiger partial charge in [-0.1, -0.05) is 69.0 Å². The molecule has 3 aliphatic heterocycles. The van der Waals surface area contributed by atoms with Gasteiger partial charge >= 0.3 is 13.3 Å². The molecule has 17 atom stereocenters. The van der Waals surface area contributed by atoms with E-state index in [9.17, 15) is 5.11 Å². The first kappa shape index (κ1) is 37.9. The summed E-state index contributed by atoms with van der Waals surface area (Å²) in [5, 5.41) is 9.23. The van der Waals surface area contributed by atoms with E-state index in [-0.39, 0.29) is 74.8 Å². The van der Waals surface area contributed by atoms with E-state index < -0.39 is 0 Å². The fourth-order valence-electron chi connectivity index (χ4n) is 6.69. The molecule has 0 aromatic carbocycles. The third kappa shape index (κ3) is 10.1. The molecule has 0 spiro atoms. The highest BCUT2D eigenvalue weighted by Crippen LogP contribution is 2.38. The first-order chi connectivity index (χ1) is 19.1. The average molecular weight is 618 g/mol. The van der Waals surface area contributed by atoms with Crippen LogP contribution in [0, 0.1) is 41.4 Å². The Morgan fingerprint density at radius 1 is 0.610 bits per heavy atom. The number of aliphatic hydroxyl groups is 1. The molecule has 3 saturated heterocycles. The highest BCUT2D eigenvalue weighted by Gasteiger charge is 2.43. The summed E-state index contributed by atoms with van der Waals surface area (Å²) in [5.74, 6) is 2.83. The molecule has 0 aliphatic carbocycles. The summed E-state index contributed by atoms with van der Waals surface area (Å²) in [7, 11) is 5.39. The van der Waals surface area contributed by atoms with Crippen LogP contribution in [0.2, 0.25) is 13.6 Å². The van der Waals surface area contributed by atoms with Crippen molar-refractivity contribution < 1.29 is 33.4 Å². The Morgan fingerprint density at radius 2 is 1.07 bits per heavy atom. The van der Waals surface area contributed by atoms with Crippen LogP contribution in [0.15, 0.2) is 0 Å². The lowest BCUT2D eigenvalue weighted by Gasteiger charge is -2.46. The summed E-state index contributed by atoms with van der Waals surface area (Å²) in [6.45, 7) is 26.9. The van der Waals surface area contributed by atoms with Gasteiger partial charge in [-0.2, -0.15) is 0 Å². The molecular weight excluding hydrogens is 556 g/mol. The van der Waals surface area contributed by atoms with E-state index in [1.807, 2.05) is 13.7 Å². The second kappa shape index (κ2) is 17.4. The van der Waals surface area contributed by atoms with Gasteiger partial charge in [0.2, 0.25) is 0 Å². The van der Waals surface area contributed by atoms with Crippen molar-refractivity contribution in [2.75, 3.05) is 13.2 Å². The molecule has 0 aromatic rings. The Balaban J connectivity index is 0.000000333. The predicted molar refractivity (Wildman–Crippen MR) is 177 cm³/mol. The molecule has 1 N–H and O–H groups in total. The number of ether oxygens (including phenoxy) is 4. The zero-order chi connectivity index (χ0) is 31.2. The molecule has 0 saturated carbocycles. The van der Waals surface area contributed by atoms with Gasteiger partial charge in [-0.25, -0.2) is 0 Å². The SMILES string of the molecule is CB(P)OC1C(C)C(C)OC(CO)C1C.CCC1OC(OCC2OC(C)C(C)C(OB(C)P)C2C)C(C)C(C)C1C. The van der Waals surface area contributed by atoms with Crippen LogP contribution in [-0.2, 0) is 28.3 Å². The number of hydrogen-bond acceptors (Lipinski definition) is 7. The van der Waals surface area contributed by atoms with Gasteiger partial charge in [-0.15, -0.1) is 18.2 Å². The van der Waals surface area contributed by atoms with Crippen molar-refractivity contribution in [1.29, 1.82) is 0 Å². The Kier molecular flexibility index (Phi) is 16.1. The molecule has 7 nitrogen and oxygen atoms in total. The molecule has 11 heteroatoms. The van der Waals surface area contributed by atoms with Crippen LogP contribution in [0.3, 0.4) is 0 Å². The largest absolute Gasteiger partial charge is 0.428 e. The van der Waals surface area contributed by atoms with Crippen molar-refractivity contribution in [3.63, 3.8) is 0 Å². The van der Waals surface area contributed by atoms with E-state index in [4.69, 9.17) is 28.3 Å². The molecule has 0 amide bonds. The standard InChI is InChI=1S/C20H40BO4P.C10H22BO3P/c1-9-17-12(3)11(2)13(4)20(24-17)22-10-18-15(6)19(25-21(8)26)14(5)16(7)23-18;1-6-8(3)13-9(5-12)7(2)10(6)14-11(4)15/h11-20H,9-10,26H2,1-8H3;6-10,12H,5,15H2,1-4H3. The quantitative estimate of drug-likeness (QED) is 0.255. The molecule has 3 heterocycles. The van der Waals surface area contributed by atoms with Gasteiger partial charge < -0.3 is 33.4 Å². The van der Waals surface area contributed by atoms with Gasteiger partial charge in [0.25, 0.3) is 0 Å². The molecule has 0 aromatic heterocycles. The van der Waals surface area contributed by atoms with Gasteiger partial charge in [0.1, 0.15) is 0 Å². The first-order valence-electron chi connectivity index (χ1n) is 16.1. The Labute approximate surface area is 257 Å². The summed E-state index contributed by atoms with van der Waals surface area (Å²) in [4.78, 5) is 0. The molecule has 240 valence electrons. The maximum absolute atomic E-state index is 9.23. The Hall–Kier alpha value is 0.710. The third-order valence-corrected chi connectivity index (χ3v) is 10.6. The summed E-state index contributed by atoms with van der Waals surface area (Å²) in [5.41, 5.74) is 0. The maximum atomic E-state index is 9.23. The summed E-state index contributed by atoms with van der Waals surface area (Å²) in [6, 6.07) is 0. The van der Waals surface area contributed by atoms with Crippen LogP contribution in [0.4, 0.5) is 0 Å². The number of rotatable bonds is 9. The fourth-order valence-corrected chi connectivity index (χ4v) is 7.05. The first-order valence-corrected chi connectivity index (χ1v) is 17.5. The van der Waals surface area contributed by atoms with E-state index in [1.165, 1.54) is 0 Å². The van der Waals surface area contributed by atoms with Crippen molar-refractivity contribution in [2.24, 2.45) is 41.4 Å². The maximum Gasteiger partial charge on any atom is 0.312 e. The molecule has 0 bridgehead atoms. The minimum Gasteiger partial charge on any atom is -0.428 e. The van der Waals surface area contributed by atoms with E-state index in [0.717, 1.165) is 6.42 Å². The minimum absolute atomic E-state index is 0.0421. The number of hydrogen-bond donors (Lipinski definition) is 1. The summed E-state index contributed by atoms with van der Waals surface area (Å²) < 4.78 is 36.7. The lowest BCUT2D eigenvalue weighted by molar-refractivity contribution is -0.267. The summed E-state index contributed by atoms with van der Waals surface area (Å²) >= 11 is 0. The van der Waals surface area contributed by atoms with Crippen molar-refractivity contribution in [3.8, 4) is 0 Å². The van der Waals surface area contributed by atoms with E-state index in [1.54, 1.807) is 0 Å². The van der Waals surface area contributed by atoms with Crippen LogP contribution in [0.5, 0.6) is 0 Å². The Morgan fingerprint density at radius 3 is 1.51 bits per heavy atom. The monoisotopic (exact) mass is 618 g/mol. The smallest absolute Gasteiger partial charge is 0.312 e. The highest BCUT2D eigenvalue weighted by atomic mass is 31.0. The highest BCUT2D eigenvalue weighted by molar-refractivity contribution is 7.60. The van der Waals surface area contributed by atoms with E-state index in [2.05, 4.69) is 87.4 Å². The minimum atomic E-state index is -0.142. The molecular formula is C30H62B2O7P2. The van der Waals surface area contributed by atoms with Crippen molar-refractivity contribution in [1.82, 2.24) is 0 Å². The van der Waals surface area contributed by atoms with Gasteiger partial charge in [0, 0.05) is 29.6 Å². The number of aliphatic hydroxyl groups excluding tert-OH is 1. The van der Waals surface area contributed by atoms with E-state index >= 15 is 0 Å². The molecule has 41 heavy (non-hydrogen) atoms. The molecule has 0 radical (unpaired) electrons. The molecule has 3 rings (SSSR count). The van der Waals surface area contributed by atoms with Crippen LogP contribution in [-0.4, -0.2) is 80.6 Å². The zero-order valence-corrected chi connectivity index (χ0v) is 30.3. The second-order valence-electron chi connectivity index (χ2n) is 13.4. The molecule has 17 unspecified atom stereocenters. The normalized spacial score (nSPS) is 45.0. The van der Waals surface area contributed by atoms with Crippen molar-refractivity contribution in [3.05, 3.63) is 0 Å². The van der Waals surface area contributed by atoms with Crippen molar-refractivity contribution in [2.45, 2.75) is 138 Å². The van der Waals surface area contributed by atoms with Gasteiger partial charge in [-0.05, 0) is 32.1 Å².